The van der Waals surface area contributed by atoms with Gasteiger partial charge in [-0.05, 0) is 60.4 Å². The van der Waals surface area contributed by atoms with Gasteiger partial charge in [-0.3, -0.25) is 4.79 Å². The Morgan fingerprint density at radius 2 is 1.90 bits per heavy atom. The lowest BCUT2D eigenvalue weighted by molar-refractivity contribution is -0.933. The number of morpholine rings is 1. The minimum atomic E-state index is -0.213. The molecule has 1 atom stereocenters. The third kappa shape index (κ3) is 3.90. The molecule has 0 radical (unpaired) electrons. The molecule has 3 aromatic rings. The van der Waals surface area contributed by atoms with E-state index in [1.165, 1.54) is 24.2 Å². The molecule has 3 heterocycles. The summed E-state index contributed by atoms with van der Waals surface area (Å²) >= 11 is 0. The second kappa shape index (κ2) is 8.51. The van der Waals surface area contributed by atoms with Crippen LogP contribution in [0.25, 0.3) is 10.9 Å². The van der Waals surface area contributed by atoms with E-state index in [2.05, 4.69) is 46.5 Å². The van der Waals surface area contributed by atoms with Crippen LogP contribution in [-0.4, -0.2) is 51.5 Å². The van der Waals surface area contributed by atoms with Crippen LogP contribution in [0, 0.1) is 13.8 Å². The summed E-state index contributed by atoms with van der Waals surface area (Å²) < 4.78 is 7.63. The van der Waals surface area contributed by atoms with Crippen molar-refractivity contribution in [1.29, 1.82) is 0 Å². The maximum absolute atomic E-state index is 13.3. The van der Waals surface area contributed by atoms with Crippen molar-refractivity contribution in [2.24, 2.45) is 0 Å². The number of aromatic amines is 1. The standard InChI is InChI=1S/C23H30N6O2/c1-15-12-16(2)18-14-19(23(30)24-20(18)13-15)21(28-8-10-31-11-9-28)22-25-26-27-29(22)17-6-4-3-5-7-17/h12-14,17,21H,3-11H2,1-2H3,(H,24,30)/p+1/t21-/m0/s1. The smallest absolute Gasteiger partial charge is 0.258 e. The number of nitrogens with zero attached hydrogens (tertiary/aromatic N) is 4. The number of aryl methyl sites for hydroxylation is 2. The summed E-state index contributed by atoms with van der Waals surface area (Å²) in [6.07, 6.45) is 5.86. The highest BCUT2D eigenvalue weighted by Gasteiger charge is 2.36. The zero-order chi connectivity index (χ0) is 21.4. The molecule has 0 spiro atoms. The number of pyridine rings is 1. The Balaban J connectivity index is 1.65. The molecule has 31 heavy (non-hydrogen) atoms. The molecule has 8 nitrogen and oxygen atoms in total. The van der Waals surface area contributed by atoms with E-state index in [1.807, 2.05) is 10.7 Å². The van der Waals surface area contributed by atoms with Gasteiger partial charge in [-0.25, -0.2) is 4.68 Å². The van der Waals surface area contributed by atoms with Gasteiger partial charge in [0.1, 0.15) is 13.1 Å². The van der Waals surface area contributed by atoms with E-state index in [4.69, 9.17) is 4.74 Å². The zero-order valence-corrected chi connectivity index (χ0v) is 18.4. The fraction of sp³-hybridized carbons (Fsp3) is 0.565. The SMILES string of the molecule is Cc1cc(C)c2cc([C@@H](c3nnnn3C3CCCCC3)[NH+]3CCOCC3)c(=O)[nH]c2c1. The van der Waals surface area contributed by atoms with Crippen LogP contribution in [0.4, 0.5) is 0 Å². The Labute approximate surface area is 181 Å². The maximum Gasteiger partial charge on any atom is 0.258 e. The molecule has 164 valence electrons. The van der Waals surface area contributed by atoms with Crippen molar-refractivity contribution in [2.45, 2.75) is 58.0 Å². The number of H-pyrrole nitrogens is 1. The quantitative estimate of drug-likeness (QED) is 0.666. The van der Waals surface area contributed by atoms with Crippen molar-refractivity contribution >= 4 is 10.9 Å². The number of hydrogen-bond donors (Lipinski definition) is 2. The van der Waals surface area contributed by atoms with Crippen molar-refractivity contribution in [1.82, 2.24) is 25.2 Å². The second-order valence-electron chi connectivity index (χ2n) is 9.07. The lowest BCUT2D eigenvalue weighted by Gasteiger charge is -2.32. The van der Waals surface area contributed by atoms with Crippen molar-refractivity contribution in [3.05, 3.63) is 51.1 Å². The van der Waals surface area contributed by atoms with E-state index in [9.17, 15) is 4.79 Å². The molecule has 2 fully saturated rings. The van der Waals surface area contributed by atoms with Crippen LogP contribution < -0.4 is 10.5 Å². The molecule has 1 aliphatic carbocycles. The number of ether oxygens (including phenoxy) is 1. The van der Waals surface area contributed by atoms with E-state index < -0.39 is 0 Å². The van der Waals surface area contributed by atoms with Crippen LogP contribution >= 0.6 is 0 Å². The van der Waals surface area contributed by atoms with Gasteiger partial charge in [0.25, 0.3) is 5.56 Å². The fourth-order valence-electron chi connectivity index (χ4n) is 5.34. The Bertz CT molecular complexity index is 1120. The van der Waals surface area contributed by atoms with Crippen LogP contribution in [0.3, 0.4) is 0 Å². The highest BCUT2D eigenvalue weighted by molar-refractivity contribution is 5.83. The Morgan fingerprint density at radius 1 is 1.13 bits per heavy atom. The van der Waals surface area contributed by atoms with Gasteiger partial charge < -0.3 is 14.6 Å². The number of quaternary nitrogens is 1. The molecule has 0 bridgehead atoms. The number of fused-ring (bicyclic) bond motifs is 1. The molecular formula is C23H31N6O2+. The van der Waals surface area contributed by atoms with Crippen LogP contribution in [-0.2, 0) is 4.74 Å². The van der Waals surface area contributed by atoms with Gasteiger partial charge in [-0.15, -0.1) is 5.10 Å². The highest BCUT2D eigenvalue weighted by Crippen LogP contribution is 2.30. The summed E-state index contributed by atoms with van der Waals surface area (Å²) in [4.78, 5) is 17.8. The molecule has 1 saturated carbocycles. The van der Waals surface area contributed by atoms with Crippen LogP contribution in [0.2, 0.25) is 0 Å². The van der Waals surface area contributed by atoms with Crippen molar-refractivity contribution in [3.8, 4) is 0 Å². The first kappa shape index (κ1) is 20.3. The molecule has 0 unspecified atom stereocenters. The van der Waals surface area contributed by atoms with E-state index in [-0.39, 0.29) is 11.6 Å². The number of aromatic nitrogens is 5. The van der Waals surface area contributed by atoms with E-state index >= 15 is 0 Å². The van der Waals surface area contributed by atoms with E-state index in [0.717, 1.165) is 59.3 Å². The van der Waals surface area contributed by atoms with Gasteiger partial charge in [0.2, 0.25) is 5.82 Å². The molecule has 2 aromatic heterocycles. The molecule has 1 aliphatic heterocycles. The average molecular weight is 424 g/mol. The molecule has 2 aliphatic rings. The third-order valence-corrected chi connectivity index (χ3v) is 6.89. The lowest BCUT2D eigenvalue weighted by Crippen LogP contribution is -3.14. The van der Waals surface area contributed by atoms with E-state index in [1.54, 1.807) is 0 Å². The number of hydrogen-bond acceptors (Lipinski definition) is 5. The summed E-state index contributed by atoms with van der Waals surface area (Å²) in [5.41, 5.74) is 3.87. The topological polar surface area (TPSA) is 90.1 Å². The van der Waals surface area contributed by atoms with Crippen LogP contribution in [0.5, 0.6) is 0 Å². The van der Waals surface area contributed by atoms with Crippen LogP contribution in [0.1, 0.15) is 66.7 Å². The molecule has 0 amide bonds. The molecule has 2 N–H and O–H groups in total. The van der Waals surface area contributed by atoms with Gasteiger partial charge in [0, 0.05) is 10.9 Å². The fourth-order valence-corrected chi connectivity index (χ4v) is 5.34. The normalized spacial score (nSPS) is 19.7. The summed E-state index contributed by atoms with van der Waals surface area (Å²) in [5.74, 6) is 0.804. The monoisotopic (exact) mass is 423 g/mol. The predicted octanol–water partition coefficient (Wildman–Crippen LogP) is 1.64. The third-order valence-electron chi connectivity index (χ3n) is 6.89. The number of benzene rings is 1. The second-order valence-corrected chi connectivity index (χ2v) is 9.07. The Hall–Kier alpha value is -2.58. The van der Waals surface area contributed by atoms with Gasteiger partial charge in [0.05, 0.1) is 24.8 Å². The Morgan fingerprint density at radius 3 is 2.68 bits per heavy atom. The minimum Gasteiger partial charge on any atom is -0.370 e. The van der Waals surface area contributed by atoms with Gasteiger partial charge in [0.15, 0.2) is 6.04 Å². The van der Waals surface area contributed by atoms with Crippen molar-refractivity contribution in [2.75, 3.05) is 26.3 Å². The first-order valence-electron chi connectivity index (χ1n) is 11.5. The van der Waals surface area contributed by atoms with Crippen molar-refractivity contribution in [3.63, 3.8) is 0 Å². The number of rotatable bonds is 4. The number of tetrazole rings is 1. The maximum atomic E-state index is 13.3. The summed E-state index contributed by atoms with van der Waals surface area (Å²) in [5, 5.41) is 14.0. The summed E-state index contributed by atoms with van der Waals surface area (Å²) in [6, 6.07) is 6.36. The molecule has 5 rings (SSSR count). The molecule has 8 heteroatoms. The number of nitrogens with one attached hydrogen (secondary N) is 2. The largest absolute Gasteiger partial charge is 0.370 e. The average Bonchev–Trinajstić information content (AvgIpc) is 3.25. The summed E-state index contributed by atoms with van der Waals surface area (Å²) in [6.45, 7) is 7.16. The first-order valence-corrected chi connectivity index (χ1v) is 11.5. The Kier molecular flexibility index (Phi) is 5.58. The van der Waals surface area contributed by atoms with Gasteiger partial charge in [-0.1, -0.05) is 25.3 Å². The predicted molar refractivity (Wildman–Crippen MR) is 117 cm³/mol. The molecule has 1 aromatic carbocycles. The minimum absolute atomic E-state index is 0.0558. The molecular weight excluding hydrogens is 392 g/mol. The first-order chi connectivity index (χ1) is 15.1. The van der Waals surface area contributed by atoms with Crippen molar-refractivity contribution < 1.29 is 9.64 Å². The van der Waals surface area contributed by atoms with Gasteiger partial charge in [-0.2, -0.15) is 0 Å². The molecule has 1 saturated heterocycles. The lowest BCUT2D eigenvalue weighted by atomic mass is 9.95. The summed E-state index contributed by atoms with van der Waals surface area (Å²) in [7, 11) is 0. The highest BCUT2D eigenvalue weighted by atomic mass is 16.5. The van der Waals surface area contributed by atoms with Crippen LogP contribution in [0.15, 0.2) is 23.0 Å². The zero-order valence-electron chi connectivity index (χ0n) is 18.4. The van der Waals surface area contributed by atoms with E-state index in [0.29, 0.717) is 19.3 Å². The van der Waals surface area contributed by atoms with Gasteiger partial charge >= 0.3 is 0 Å².